The first-order valence-electron chi connectivity index (χ1n) is 6.05. The molecule has 1 aliphatic rings. The summed E-state index contributed by atoms with van der Waals surface area (Å²) in [7, 11) is 0. The van der Waals surface area contributed by atoms with Crippen molar-refractivity contribution in [1.82, 2.24) is 10.2 Å². The molecular weight excluding hydrogens is 204 g/mol. The molecule has 0 aromatic carbocycles. The molecule has 0 amide bonds. The monoisotopic (exact) mass is 228 g/mol. The van der Waals surface area contributed by atoms with Gasteiger partial charge in [-0.25, -0.2) is 0 Å². The standard InChI is InChI=1S/C12H24N2O2/c1-3-4-11(2)13-9-12(15)10-14-5-7-16-8-6-14/h3,11-13,15H,1,4-10H2,2H3. The minimum Gasteiger partial charge on any atom is -0.390 e. The number of hydrogen-bond donors (Lipinski definition) is 2. The van der Waals surface area contributed by atoms with Crippen molar-refractivity contribution in [3.63, 3.8) is 0 Å². The smallest absolute Gasteiger partial charge is 0.0791 e. The molecule has 2 atom stereocenters. The number of aliphatic hydroxyl groups is 1. The predicted octanol–water partition coefficient (Wildman–Crippen LogP) is 0.234. The van der Waals surface area contributed by atoms with Crippen LogP contribution in [0.4, 0.5) is 0 Å². The van der Waals surface area contributed by atoms with E-state index in [4.69, 9.17) is 4.74 Å². The molecule has 0 aromatic heterocycles. The van der Waals surface area contributed by atoms with Gasteiger partial charge in [0.15, 0.2) is 0 Å². The lowest BCUT2D eigenvalue weighted by molar-refractivity contribution is 0.0146. The predicted molar refractivity (Wildman–Crippen MR) is 65.5 cm³/mol. The fourth-order valence-electron chi connectivity index (χ4n) is 1.82. The number of rotatable bonds is 7. The van der Waals surface area contributed by atoms with Crippen molar-refractivity contribution in [1.29, 1.82) is 0 Å². The third-order valence-corrected chi connectivity index (χ3v) is 2.79. The van der Waals surface area contributed by atoms with Gasteiger partial charge < -0.3 is 15.2 Å². The van der Waals surface area contributed by atoms with E-state index in [1.54, 1.807) is 0 Å². The maximum absolute atomic E-state index is 9.85. The highest BCUT2D eigenvalue weighted by molar-refractivity contribution is 4.76. The van der Waals surface area contributed by atoms with Crippen LogP contribution in [0.1, 0.15) is 13.3 Å². The minimum absolute atomic E-state index is 0.301. The van der Waals surface area contributed by atoms with Gasteiger partial charge in [0, 0.05) is 32.2 Å². The van der Waals surface area contributed by atoms with Crippen LogP contribution < -0.4 is 5.32 Å². The van der Waals surface area contributed by atoms with Crippen LogP contribution in [0.5, 0.6) is 0 Å². The van der Waals surface area contributed by atoms with Gasteiger partial charge in [0.2, 0.25) is 0 Å². The minimum atomic E-state index is -0.301. The van der Waals surface area contributed by atoms with Crippen molar-refractivity contribution >= 4 is 0 Å². The number of morpholine rings is 1. The van der Waals surface area contributed by atoms with Crippen LogP contribution in [0.25, 0.3) is 0 Å². The molecule has 4 heteroatoms. The van der Waals surface area contributed by atoms with E-state index in [0.717, 1.165) is 39.3 Å². The maximum atomic E-state index is 9.85. The number of β-amino-alcohol motifs (C(OH)–C–C–N with tert-alkyl or cyclic N) is 1. The summed E-state index contributed by atoms with van der Waals surface area (Å²) < 4.78 is 5.26. The highest BCUT2D eigenvalue weighted by atomic mass is 16.5. The molecule has 2 unspecified atom stereocenters. The number of nitrogens with one attached hydrogen (secondary N) is 1. The number of nitrogens with zero attached hydrogens (tertiary/aromatic N) is 1. The molecule has 0 aromatic rings. The fraction of sp³-hybridized carbons (Fsp3) is 0.833. The third kappa shape index (κ3) is 5.61. The van der Waals surface area contributed by atoms with E-state index in [2.05, 4.69) is 23.7 Å². The molecule has 2 N–H and O–H groups in total. The maximum Gasteiger partial charge on any atom is 0.0791 e. The molecule has 1 saturated heterocycles. The second kappa shape index (κ2) is 7.79. The van der Waals surface area contributed by atoms with Crippen molar-refractivity contribution in [3.8, 4) is 0 Å². The Labute approximate surface area is 98.3 Å². The zero-order chi connectivity index (χ0) is 11.8. The van der Waals surface area contributed by atoms with Gasteiger partial charge in [0.25, 0.3) is 0 Å². The van der Waals surface area contributed by atoms with Gasteiger partial charge in [0.05, 0.1) is 19.3 Å². The Morgan fingerprint density at radius 2 is 2.19 bits per heavy atom. The van der Waals surface area contributed by atoms with Crippen molar-refractivity contribution in [2.75, 3.05) is 39.4 Å². The van der Waals surface area contributed by atoms with Gasteiger partial charge in [0.1, 0.15) is 0 Å². The lowest BCUT2D eigenvalue weighted by Crippen LogP contribution is -2.44. The highest BCUT2D eigenvalue weighted by Crippen LogP contribution is 1.99. The first-order chi connectivity index (χ1) is 7.72. The average Bonchev–Trinajstić information content (AvgIpc) is 2.28. The van der Waals surface area contributed by atoms with Gasteiger partial charge in [-0.15, -0.1) is 6.58 Å². The molecule has 0 spiro atoms. The van der Waals surface area contributed by atoms with Crippen molar-refractivity contribution in [2.24, 2.45) is 0 Å². The lowest BCUT2D eigenvalue weighted by Gasteiger charge is -2.29. The number of ether oxygens (including phenoxy) is 1. The lowest BCUT2D eigenvalue weighted by atomic mass is 10.2. The Kier molecular flexibility index (Phi) is 6.64. The van der Waals surface area contributed by atoms with Crippen LogP contribution in [0.2, 0.25) is 0 Å². The summed E-state index contributed by atoms with van der Waals surface area (Å²) in [5, 5.41) is 13.1. The highest BCUT2D eigenvalue weighted by Gasteiger charge is 2.14. The zero-order valence-corrected chi connectivity index (χ0v) is 10.2. The number of hydrogen-bond acceptors (Lipinski definition) is 4. The first-order valence-corrected chi connectivity index (χ1v) is 6.05. The Balaban J connectivity index is 2.09. The molecule has 94 valence electrons. The molecule has 1 rings (SSSR count). The van der Waals surface area contributed by atoms with E-state index in [0.29, 0.717) is 12.6 Å². The Morgan fingerprint density at radius 3 is 2.81 bits per heavy atom. The molecule has 1 heterocycles. The Morgan fingerprint density at radius 1 is 1.50 bits per heavy atom. The molecule has 4 nitrogen and oxygen atoms in total. The SMILES string of the molecule is C=CCC(C)NCC(O)CN1CCOCC1. The summed E-state index contributed by atoms with van der Waals surface area (Å²) in [4.78, 5) is 2.24. The molecular formula is C12H24N2O2. The van der Waals surface area contributed by atoms with Gasteiger partial charge in [-0.1, -0.05) is 6.08 Å². The Hall–Kier alpha value is -0.420. The Bertz CT molecular complexity index is 193. The van der Waals surface area contributed by atoms with E-state index < -0.39 is 0 Å². The van der Waals surface area contributed by atoms with E-state index in [1.807, 2.05) is 6.08 Å². The summed E-state index contributed by atoms with van der Waals surface area (Å²) in [5.74, 6) is 0. The van der Waals surface area contributed by atoms with Crippen molar-refractivity contribution in [2.45, 2.75) is 25.5 Å². The molecule has 0 saturated carbocycles. The van der Waals surface area contributed by atoms with Crippen LogP contribution in [0, 0.1) is 0 Å². The van der Waals surface area contributed by atoms with Crippen LogP contribution in [0.3, 0.4) is 0 Å². The quantitative estimate of drug-likeness (QED) is 0.613. The fourth-order valence-corrected chi connectivity index (χ4v) is 1.82. The normalized spacial score (nSPS) is 21.6. The van der Waals surface area contributed by atoms with E-state index >= 15 is 0 Å². The number of aliphatic hydroxyl groups excluding tert-OH is 1. The molecule has 0 aliphatic carbocycles. The van der Waals surface area contributed by atoms with Gasteiger partial charge >= 0.3 is 0 Å². The van der Waals surface area contributed by atoms with E-state index in [-0.39, 0.29) is 6.10 Å². The van der Waals surface area contributed by atoms with E-state index in [9.17, 15) is 5.11 Å². The molecule has 1 fully saturated rings. The van der Waals surface area contributed by atoms with Gasteiger partial charge in [-0.3, -0.25) is 4.90 Å². The topological polar surface area (TPSA) is 44.7 Å². The summed E-state index contributed by atoms with van der Waals surface area (Å²) in [6, 6.07) is 0.386. The van der Waals surface area contributed by atoms with E-state index in [1.165, 1.54) is 0 Å². The second-order valence-corrected chi connectivity index (χ2v) is 4.40. The summed E-state index contributed by atoms with van der Waals surface area (Å²) in [6.45, 7) is 10.6. The third-order valence-electron chi connectivity index (χ3n) is 2.79. The molecule has 1 aliphatic heterocycles. The van der Waals surface area contributed by atoms with Crippen LogP contribution in [0.15, 0.2) is 12.7 Å². The van der Waals surface area contributed by atoms with Crippen LogP contribution >= 0.6 is 0 Å². The summed E-state index contributed by atoms with van der Waals surface area (Å²) >= 11 is 0. The van der Waals surface area contributed by atoms with Gasteiger partial charge in [-0.2, -0.15) is 0 Å². The second-order valence-electron chi connectivity index (χ2n) is 4.40. The molecule has 0 bridgehead atoms. The van der Waals surface area contributed by atoms with Crippen LogP contribution in [-0.2, 0) is 4.74 Å². The zero-order valence-electron chi connectivity index (χ0n) is 10.2. The molecule has 16 heavy (non-hydrogen) atoms. The molecule has 0 radical (unpaired) electrons. The van der Waals surface area contributed by atoms with Crippen molar-refractivity contribution in [3.05, 3.63) is 12.7 Å². The largest absolute Gasteiger partial charge is 0.390 e. The van der Waals surface area contributed by atoms with Crippen molar-refractivity contribution < 1.29 is 9.84 Å². The van der Waals surface area contributed by atoms with Crippen LogP contribution in [-0.4, -0.2) is 61.5 Å². The van der Waals surface area contributed by atoms with Gasteiger partial charge in [-0.05, 0) is 13.3 Å². The average molecular weight is 228 g/mol. The first kappa shape index (κ1) is 13.6. The summed E-state index contributed by atoms with van der Waals surface area (Å²) in [6.07, 6.45) is 2.53. The summed E-state index contributed by atoms with van der Waals surface area (Å²) in [5.41, 5.74) is 0.